The normalized spacial score (nSPS) is 12.1. The number of aromatic nitrogens is 2. The summed E-state index contributed by atoms with van der Waals surface area (Å²) >= 11 is 1.37. The zero-order chi connectivity index (χ0) is 12.2. The van der Waals surface area contributed by atoms with Crippen molar-refractivity contribution < 1.29 is 5.11 Å². The number of nitrogens with one attached hydrogen (secondary N) is 1. The van der Waals surface area contributed by atoms with Crippen LogP contribution in [-0.2, 0) is 6.54 Å². The summed E-state index contributed by atoms with van der Waals surface area (Å²) in [5.74, 6) is 0. The van der Waals surface area contributed by atoms with Crippen LogP contribution in [0.5, 0.6) is 0 Å². The van der Waals surface area contributed by atoms with Gasteiger partial charge in [0.2, 0.25) is 0 Å². The predicted molar refractivity (Wildman–Crippen MR) is 66.7 cm³/mol. The summed E-state index contributed by atoms with van der Waals surface area (Å²) in [6, 6.07) is 0. The van der Waals surface area contributed by atoms with Gasteiger partial charge in [0.25, 0.3) is 0 Å². The first-order valence-electron chi connectivity index (χ1n) is 5.38. The minimum Gasteiger partial charge on any atom is -0.389 e. The fourth-order valence-corrected chi connectivity index (χ4v) is 2.22. The lowest BCUT2D eigenvalue weighted by Gasteiger charge is -2.24. The molecule has 0 fully saturated rings. The van der Waals surface area contributed by atoms with Crippen molar-refractivity contribution in [3.8, 4) is 0 Å². The smallest absolute Gasteiger partial charge is 0.134 e. The van der Waals surface area contributed by atoms with E-state index in [1.165, 1.54) is 11.5 Å². The molecule has 0 amide bonds. The van der Waals surface area contributed by atoms with Crippen LogP contribution in [0.25, 0.3) is 0 Å². The Hall–Kier alpha value is -0.720. The molecule has 0 bridgehead atoms. The van der Waals surface area contributed by atoms with E-state index in [0.29, 0.717) is 13.1 Å². The van der Waals surface area contributed by atoms with Crippen LogP contribution in [0.4, 0.5) is 5.00 Å². The van der Waals surface area contributed by atoms with E-state index in [9.17, 15) is 5.11 Å². The highest BCUT2D eigenvalue weighted by molar-refractivity contribution is 7.10. The van der Waals surface area contributed by atoms with Gasteiger partial charge in [0.1, 0.15) is 10.7 Å². The second-order valence-corrected chi connectivity index (χ2v) is 5.32. The first kappa shape index (κ1) is 13.3. The highest BCUT2D eigenvalue weighted by Gasteiger charge is 2.17. The molecule has 1 rings (SSSR count). The minimum absolute atomic E-state index is 0.607. The lowest BCUT2D eigenvalue weighted by atomic mass is 10.1. The summed E-state index contributed by atoms with van der Waals surface area (Å²) < 4.78 is 3.93. The standard InChI is InChI=1S/C10H20N4OS/c1-5-11-9-8(12-13-16-9)6-14(4)7-10(2,3)15/h11,15H,5-7H2,1-4H3. The first-order valence-corrected chi connectivity index (χ1v) is 6.15. The molecule has 1 aromatic rings. The molecular weight excluding hydrogens is 224 g/mol. The number of likely N-dealkylation sites (N-methyl/N-ethyl adjacent to an activating group) is 1. The van der Waals surface area contributed by atoms with E-state index in [2.05, 4.69) is 14.9 Å². The van der Waals surface area contributed by atoms with Gasteiger partial charge in [-0.15, -0.1) is 5.10 Å². The maximum absolute atomic E-state index is 9.70. The zero-order valence-electron chi connectivity index (χ0n) is 10.3. The topological polar surface area (TPSA) is 61.3 Å². The van der Waals surface area contributed by atoms with Gasteiger partial charge in [-0.1, -0.05) is 4.49 Å². The van der Waals surface area contributed by atoms with Crippen molar-refractivity contribution in [3.05, 3.63) is 5.69 Å². The van der Waals surface area contributed by atoms with Crippen LogP contribution in [-0.4, -0.2) is 45.3 Å². The molecule has 16 heavy (non-hydrogen) atoms. The Morgan fingerprint density at radius 1 is 1.50 bits per heavy atom. The van der Waals surface area contributed by atoms with Gasteiger partial charge < -0.3 is 10.4 Å². The molecule has 0 atom stereocenters. The fourth-order valence-electron chi connectivity index (χ4n) is 1.58. The monoisotopic (exact) mass is 244 g/mol. The van der Waals surface area contributed by atoms with E-state index in [0.717, 1.165) is 17.2 Å². The van der Waals surface area contributed by atoms with Crippen LogP contribution < -0.4 is 5.32 Å². The number of nitrogens with zero attached hydrogens (tertiary/aromatic N) is 3. The molecule has 0 spiro atoms. The molecule has 1 heterocycles. The second kappa shape index (κ2) is 5.56. The van der Waals surface area contributed by atoms with Crippen LogP contribution in [0.15, 0.2) is 0 Å². The van der Waals surface area contributed by atoms with E-state index in [1.807, 2.05) is 18.9 Å². The van der Waals surface area contributed by atoms with Crippen LogP contribution in [0.2, 0.25) is 0 Å². The van der Waals surface area contributed by atoms with Crippen molar-refractivity contribution in [1.82, 2.24) is 14.5 Å². The Morgan fingerprint density at radius 2 is 2.19 bits per heavy atom. The van der Waals surface area contributed by atoms with Gasteiger partial charge >= 0.3 is 0 Å². The lowest BCUT2D eigenvalue weighted by Crippen LogP contribution is -2.36. The molecule has 0 aliphatic carbocycles. The minimum atomic E-state index is -0.684. The van der Waals surface area contributed by atoms with Crippen LogP contribution in [0.1, 0.15) is 26.5 Å². The van der Waals surface area contributed by atoms with Gasteiger partial charge in [-0.2, -0.15) is 0 Å². The van der Waals surface area contributed by atoms with Gasteiger partial charge in [-0.25, -0.2) is 0 Å². The van der Waals surface area contributed by atoms with Gasteiger partial charge in [-0.3, -0.25) is 4.90 Å². The number of hydrogen-bond acceptors (Lipinski definition) is 6. The maximum Gasteiger partial charge on any atom is 0.134 e. The largest absolute Gasteiger partial charge is 0.389 e. The van der Waals surface area contributed by atoms with Crippen LogP contribution in [0.3, 0.4) is 0 Å². The van der Waals surface area contributed by atoms with E-state index in [1.54, 1.807) is 13.8 Å². The third-order valence-corrected chi connectivity index (χ3v) is 2.70. The summed E-state index contributed by atoms with van der Waals surface area (Å²) in [5, 5.41) is 18.0. The molecule has 92 valence electrons. The Balaban J connectivity index is 2.55. The van der Waals surface area contributed by atoms with Gasteiger partial charge in [0.05, 0.1) is 5.60 Å². The summed E-state index contributed by atoms with van der Waals surface area (Å²) in [5.41, 5.74) is 0.259. The van der Waals surface area contributed by atoms with Gasteiger partial charge in [0, 0.05) is 31.2 Å². The van der Waals surface area contributed by atoms with Crippen molar-refractivity contribution in [2.24, 2.45) is 0 Å². The van der Waals surface area contributed by atoms with E-state index < -0.39 is 5.60 Å². The number of rotatable bonds is 6. The third kappa shape index (κ3) is 4.42. The molecule has 0 unspecified atom stereocenters. The third-order valence-electron chi connectivity index (χ3n) is 1.97. The predicted octanol–water partition coefficient (Wildman–Crippen LogP) is 1.17. The highest BCUT2D eigenvalue weighted by atomic mass is 32.1. The fraction of sp³-hybridized carbons (Fsp3) is 0.800. The quantitative estimate of drug-likeness (QED) is 0.786. The van der Waals surface area contributed by atoms with E-state index in [-0.39, 0.29) is 0 Å². The maximum atomic E-state index is 9.70. The van der Waals surface area contributed by atoms with Crippen LogP contribution >= 0.6 is 11.5 Å². The average Bonchev–Trinajstić information content (AvgIpc) is 2.50. The molecule has 0 aliphatic heterocycles. The average molecular weight is 244 g/mol. The second-order valence-electron chi connectivity index (χ2n) is 4.56. The molecule has 0 saturated heterocycles. The number of anilines is 1. The highest BCUT2D eigenvalue weighted by Crippen LogP contribution is 2.19. The lowest BCUT2D eigenvalue weighted by molar-refractivity contribution is 0.0422. The summed E-state index contributed by atoms with van der Waals surface area (Å²) in [6.45, 7) is 7.82. The van der Waals surface area contributed by atoms with E-state index in [4.69, 9.17) is 0 Å². The van der Waals surface area contributed by atoms with Gasteiger partial charge in [-0.05, 0) is 27.8 Å². The van der Waals surface area contributed by atoms with Crippen molar-refractivity contribution >= 4 is 16.5 Å². The molecule has 6 heteroatoms. The van der Waals surface area contributed by atoms with Crippen molar-refractivity contribution in [1.29, 1.82) is 0 Å². The number of aliphatic hydroxyl groups is 1. The van der Waals surface area contributed by atoms with Gasteiger partial charge in [0.15, 0.2) is 0 Å². The molecule has 0 saturated carbocycles. The van der Waals surface area contributed by atoms with Crippen molar-refractivity contribution in [2.75, 3.05) is 25.5 Å². The Morgan fingerprint density at radius 3 is 2.75 bits per heavy atom. The zero-order valence-corrected chi connectivity index (χ0v) is 11.1. The molecule has 0 aliphatic rings. The van der Waals surface area contributed by atoms with Crippen molar-refractivity contribution in [3.63, 3.8) is 0 Å². The molecular formula is C10H20N4OS. The molecule has 0 aromatic carbocycles. The Kier molecular flexibility index (Phi) is 4.64. The van der Waals surface area contributed by atoms with Crippen LogP contribution in [0, 0.1) is 0 Å². The summed E-state index contributed by atoms with van der Waals surface area (Å²) in [7, 11) is 1.97. The first-order chi connectivity index (χ1) is 7.42. The molecule has 1 aromatic heterocycles. The SMILES string of the molecule is CCNc1snnc1CN(C)CC(C)(C)O. The molecule has 5 nitrogen and oxygen atoms in total. The summed E-state index contributed by atoms with van der Waals surface area (Å²) in [6.07, 6.45) is 0. The Labute approximate surface area is 101 Å². The summed E-state index contributed by atoms with van der Waals surface area (Å²) in [4.78, 5) is 2.04. The van der Waals surface area contributed by atoms with Crippen molar-refractivity contribution in [2.45, 2.75) is 32.9 Å². The number of hydrogen-bond donors (Lipinski definition) is 2. The van der Waals surface area contributed by atoms with E-state index >= 15 is 0 Å². The molecule has 2 N–H and O–H groups in total. The molecule has 0 radical (unpaired) electrons. The Bertz CT molecular complexity index is 321.